The van der Waals surface area contributed by atoms with E-state index in [0.717, 1.165) is 66.8 Å². The lowest BCUT2D eigenvalue weighted by Gasteiger charge is -2.28. The average molecular weight is 731 g/mol. The highest BCUT2D eigenvalue weighted by Crippen LogP contribution is 2.44. The fourth-order valence-electron chi connectivity index (χ4n) is 8.10. The van der Waals surface area contributed by atoms with Gasteiger partial charge in [-0.3, -0.25) is 0 Å². The number of aromatic nitrogens is 1. The standard InChI is InChI=1S/C53H34N2O2/c1-3-12-35(13-4-1)36-22-27-41(28-23-36)55(49-21-10-9-19-45(49)44-20-11-17-38-14-7-8-18-43(38)44)42-29-24-37(25-30-42)40-26-31-46-47-33-52-48(34-51(47)56-50(46)32-40)54-53(57-52)39-15-5-2-6-16-39/h1-34H. The smallest absolute Gasteiger partial charge is 0.227 e. The molecule has 268 valence electrons. The number of furan rings is 1. The van der Waals surface area contributed by atoms with E-state index < -0.39 is 0 Å². The van der Waals surface area contributed by atoms with Crippen LogP contribution in [0, 0.1) is 0 Å². The summed E-state index contributed by atoms with van der Waals surface area (Å²) in [5.41, 5.74) is 14.2. The first-order valence-corrected chi connectivity index (χ1v) is 19.2. The Labute approximate surface area is 329 Å². The molecular weight excluding hydrogens is 697 g/mol. The zero-order valence-corrected chi connectivity index (χ0v) is 30.8. The minimum Gasteiger partial charge on any atom is -0.456 e. The molecule has 0 unspecified atom stereocenters. The van der Waals surface area contributed by atoms with E-state index in [1.54, 1.807) is 0 Å². The molecule has 0 amide bonds. The summed E-state index contributed by atoms with van der Waals surface area (Å²) < 4.78 is 12.6. The van der Waals surface area contributed by atoms with Gasteiger partial charge in [0.15, 0.2) is 5.58 Å². The van der Waals surface area contributed by atoms with Crippen LogP contribution >= 0.6 is 0 Å². The summed E-state index contributed by atoms with van der Waals surface area (Å²) in [4.78, 5) is 7.12. The highest BCUT2D eigenvalue weighted by Gasteiger charge is 2.19. The number of nitrogens with zero attached hydrogens (tertiary/aromatic N) is 2. The van der Waals surface area contributed by atoms with Crippen molar-refractivity contribution in [3.05, 3.63) is 206 Å². The van der Waals surface area contributed by atoms with Crippen molar-refractivity contribution in [3.8, 4) is 44.8 Å². The fourth-order valence-corrected chi connectivity index (χ4v) is 8.10. The van der Waals surface area contributed by atoms with Gasteiger partial charge < -0.3 is 13.7 Å². The summed E-state index contributed by atoms with van der Waals surface area (Å²) in [6, 6.07) is 72.6. The molecule has 57 heavy (non-hydrogen) atoms. The van der Waals surface area contributed by atoms with Crippen LogP contribution in [0.5, 0.6) is 0 Å². The third-order valence-electron chi connectivity index (χ3n) is 10.9. The van der Waals surface area contributed by atoms with Crippen molar-refractivity contribution in [1.29, 1.82) is 0 Å². The molecule has 0 saturated heterocycles. The minimum absolute atomic E-state index is 0.605. The molecule has 0 aliphatic carbocycles. The van der Waals surface area contributed by atoms with E-state index in [1.807, 2.05) is 42.5 Å². The van der Waals surface area contributed by atoms with Gasteiger partial charge in [0.25, 0.3) is 0 Å². The van der Waals surface area contributed by atoms with Crippen LogP contribution in [0.15, 0.2) is 215 Å². The molecule has 2 aromatic heterocycles. The van der Waals surface area contributed by atoms with Crippen molar-refractivity contribution in [2.24, 2.45) is 0 Å². The van der Waals surface area contributed by atoms with E-state index >= 15 is 0 Å². The Morgan fingerprint density at radius 3 is 1.70 bits per heavy atom. The third kappa shape index (κ3) is 5.83. The normalized spacial score (nSPS) is 11.5. The first-order chi connectivity index (χ1) is 28.2. The van der Waals surface area contributed by atoms with Crippen LogP contribution < -0.4 is 4.90 Å². The molecule has 0 saturated carbocycles. The van der Waals surface area contributed by atoms with Crippen LogP contribution in [-0.2, 0) is 0 Å². The van der Waals surface area contributed by atoms with Crippen LogP contribution in [0.4, 0.5) is 17.1 Å². The summed E-state index contributed by atoms with van der Waals surface area (Å²) in [5.74, 6) is 0.605. The second kappa shape index (κ2) is 13.6. The van der Waals surface area contributed by atoms with E-state index in [1.165, 1.54) is 33.0 Å². The number of hydrogen-bond donors (Lipinski definition) is 0. The van der Waals surface area contributed by atoms with Gasteiger partial charge in [0, 0.05) is 39.3 Å². The summed E-state index contributed by atoms with van der Waals surface area (Å²) in [5, 5.41) is 4.50. The number of benzene rings is 9. The second-order valence-corrected chi connectivity index (χ2v) is 14.4. The number of hydrogen-bond acceptors (Lipinski definition) is 4. The molecule has 9 aromatic carbocycles. The van der Waals surface area contributed by atoms with E-state index in [0.29, 0.717) is 5.89 Å². The van der Waals surface area contributed by atoms with Crippen LogP contribution in [0.3, 0.4) is 0 Å². The molecule has 4 heteroatoms. The average Bonchev–Trinajstić information content (AvgIpc) is 3.87. The van der Waals surface area contributed by atoms with Gasteiger partial charge in [0.2, 0.25) is 5.89 Å². The zero-order chi connectivity index (χ0) is 37.7. The molecular formula is C53H34N2O2. The van der Waals surface area contributed by atoms with E-state index in [2.05, 4.69) is 169 Å². The van der Waals surface area contributed by atoms with Crippen LogP contribution in [0.1, 0.15) is 0 Å². The molecule has 0 aliphatic rings. The molecule has 0 radical (unpaired) electrons. The quantitative estimate of drug-likeness (QED) is 0.164. The third-order valence-corrected chi connectivity index (χ3v) is 10.9. The minimum atomic E-state index is 0.605. The Hall–Kier alpha value is -7.69. The van der Waals surface area contributed by atoms with Crippen LogP contribution in [0.2, 0.25) is 0 Å². The maximum absolute atomic E-state index is 6.45. The highest BCUT2D eigenvalue weighted by atomic mass is 16.4. The second-order valence-electron chi connectivity index (χ2n) is 14.4. The SMILES string of the molecule is c1ccc(-c2ccc(N(c3ccc(-c4ccc5c(c4)oc4cc6nc(-c7ccccc7)oc6cc45)cc3)c3ccccc3-c3cccc4ccccc34)cc2)cc1. The van der Waals surface area contributed by atoms with Gasteiger partial charge >= 0.3 is 0 Å². The molecule has 0 atom stereocenters. The summed E-state index contributed by atoms with van der Waals surface area (Å²) in [7, 11) is 0. The molecule has 0 aliphatic heterocycles. The van der Waals surface area contributed by atoms with Gasteiger partial charge in [-0.05, 0) is 99.3 Å². The maximum atomic E-state index is 6.45. The van der Waals surface area contributed by atoms with Crippen molar-refractivity contribution in [1.82, 2.24) is 4.98 Å². The first-order valence-electron chi connectivity index (χ1n) is 19.2. The largest absolute Gasteiger partial charge is 0.456 e. The van der Waals surface area contributed by atoms with E-state index in [4.69, 9.17) is 13.8 Å². The number of fused-ring (bicyclic) bond motifs is 5. The van der Waals surface area contributed by atoms with Gasteiger partial charge in [0.1, 0.15) is 16.7 Å². The predicted molar refractivity (Wildman–Crippen MR) is 235 cm³/mol. The van der Waals surface area contributed by atoms with Gasteiger partial charge in [-0.2, -0.15) is 0 Å². The zero-order valence-electron chi connectivity index (χ0n) is 30.8. The summed E-state index contributed by atoms with van der Waals surface area (Å²) in [6.45, 7) is 0. The van der Waals surface area contributed by atoms with Crippen LogP contribution in [-0.4, -0.2) is 4.98 Å². The fraction of sp³-hybridized carbons (Fsp3) is 0. The Bertz CT molecular complexity index is 3210. The van der Waals surface area contributed by atoms with E-state index in [9.17, 15) is 0 Å². The van der Waals surface area contributed by atoms with Crippen molar-refractivity contribution < 1.29 is 8.83 Å². The number of oxazole rings is 1. The van der Waals surface area contributed by atoms with Crippen LogP contribution in [0.25, 0.3) is 88.6 Å². The molecule has 0 spiro atoms. The summed E-state index contributed by atoms with van der Waals surface area (Å²) in [6.07, 6.45) is 0. The summed E-state index contributed by atoms with van der Waals surface area (Å²) >= 11 is 0. The molecule has 2 heterocycles. The van der Waals surface area contributed by atoms with Crippen molar-refractivity contribution in [2.75, 3.05) is 4.90 Å². The van der Waals surface area contributed by atoms with Crippen molar-refractivity contribution in [2.45, 2.75) is 0 Å². The predicted octanol–water partition coefficient (Wildman–Crippen LogP) is 15.0. The Balaban J connectivity index is 0.983. The number of anilines is 3. The lowest BCUT2D eigenvalue weighted by molar-refractivity contribution is 0.620. The number of para-hydroxylation sites is 1. The monoisotopic (exact) mass is 730 g/mol. The van der Waals surface area contributed by atoms with E-state index in [-0.39, 0.29) is 0 Å². The maximum Gasteiger partial charge on any atom is 0.227 e. The van der Waals surface area contributed by atoms with Gasteiger partial charge in [-0.1, -0.05) is 140 Å². The lowest BCUT2D eigenvalue weighted by atomic mass is 9.96. The van der Waals surface area contributed by atoms with Gasteiger partial charge in [-0.15, -0.1) is 0 Å². The number of rotatable bonds is 7. The van der Waals surface area contributed by atoms with Crippen molar-refractivity contribution >= 4 is 60.9 Å². The molecule has 0 bridgehead atoms. The molecule has 4 nitrogen and oxygen atoms in total. The lowest BCUT2D eigenvalue weighted by Crippen LogP contribution is -2.11. The van der Waals surface area contributed by atoms with Crippen molar-refractivity contribution in [3.63, 3.8) is 0 Å². The molecule has 0 N–H and O–H groups in total. The van der Waals surface area contributed by atoms with Gasteiger partial charge in [-0.25, -0.2) is 4.98 Å². The Morgan fingerprint density at radius 2 is 0.930 bits per heavy atom. The first kappa shape index (κ1) is 32.7. The highest BCUT2D eigenvalue weighted by molar-refractivity contribution is 6.09. The molecule has 11 rings (SSSR count). The molecule has 0 fully saturated rings. The Kier molecular flexibility index (Phi) is 7.78. The molecule has 11 aromatic rings. The van der Waals surface area contributed by atoms with Gasteiger partial charge in [0.05, 0.1) is 5.69 Å². The Morgan fingerprint density at radius 1 is 0.351 bits per heavy atom. The topological polar surface area (TPSA) is 42.4 Å².